The van der Waals surface area contributed by atoms with Crippen molar-refractivity contribution in [1.82, 2.24) is 25.6 Å². The lowest BCUT2D eigenvalue weighted by molar-refractivity contribution is -0.140. The minimum atomic E-state index is -1.48. The minimum absolute atomic E-state index is 0.0871. The molecule has 0 spiro atoms. The number of carboxylic acids is 3. The molecule has 0 bridgehead atoms. The van der Waals surface area contributed by atoms with Crippen molar-refractivity contribution in [2.24, 2.45) is 0 Å². The number of aromatic nitrogens is 3. The van der Waals surface area contributed by atoms with Gasteiger partial charge in [-0.1, -0.05) is 17.3 Å². The highest BCUT2D eigenvalue weighted by Gasteiger charge is 2.25. The lowest BCUT2D eigenvalue weighted by Gasteiger charge is -2.18. The topological polar surface area (TPSA) is 211 Å². The fraction of sp³-hybridized carbons (Fsp3) is 0.538. The molecule has 0 aliphatic carbocycles. The number of carbonyl (C=O) groups is 4. The number of aryl methyl sites for hydroxylation is 1. The molecule has 1 aromatic heterocycles. The first-order valence-electron chi connectivity index (χ1n) is 13.2. The van der Waals surface area contributed by atoms with E-state index in [1.807, 2.05) is 0 Å². The Hall–Kier alpha value is -4.31. The number of nitrogens with one attached hydrogen (secondary N) is 2. The first-order valence-corrected chi connectivity index (χ1v) is 13.2. The van der Waals surface area contributed by atoms with Crippen molar-refractivity contribution in [2.45, 2.75) is 50.7 Å². The predicted octanol–water partition coefficient (Wildman–Crippen LogP) is 0.905. The second-order valence-electron chi connectivity index (χ2n) is 9.02. The van der Waals surface area contributed by atoms with Gasteiger partial charge in [0.2, 0.25) is 0 Å². The Morgan fingerprint density at radius 3 is 2.19 bits per heavy atom. The van der Waals surface area contributed by atoms with E-state index >= 15 is 0 Å². The fourth-order valence-corrected chi connectivity index (χ4v) is 3.55. The molecule has 1 heterocycles. The van der Waals surface area contributed by atoms with Crippen LogP contribution in [0.5, 0.6) is 5.75 Å². The van der Waals surface area contributed by atoms with Crippen LogP contribution in [0.4, 0.5) is 9.18 Å². The molecule has 42 heavy (non-hydrogen) atoms. The van der Waals surface area contributed by atoms with E-state index in [2.05, 4.69) is 20.9 Å². The number of nitrogens with zero attached hydrogens (tertiary/aromatic N) is 3. The van der Waals surface area contributed by atoms with Gasteiger partial charge in [-0.3, -0.25) is 9.18 Å². The highest BCUT2D eigenvalue weighted by Crippen LogP contribution is 2.14. The summed E-state index contributed by atoms with van der Waals surface area (Å²) >= 11 is 0. The molecular formula is C26H36FN5O10. The van der Waals surface area contributed by atoms with E-state index in [0.717, 1.165) is 5.69 Å². The molecular weight excluding hydrogens is 561 g/mol. The van der Waals surface area contributed by atoms with Gasteiger partial charge in [-0.05, 0) is 37.0 Å². The lowest BCUT2D eigenvalue weighted by Crippen LogP contribution is -2.51. The van der Waals surface area contributed by atoms with Crippen LogP contribution in [0.2, 0.25) is 0 Å². The second-order valence-corrected chi connectivity index (χ2v) is 9.02. The first-order chi connectivity index (χ1) is 20.2. The predicted molar refractivity (Wildman–Crippen MR) is 143 cm³/mol. The Labute approximate surface area is 240 Å². The smallest absolute Gasteiger partial charge is 0.326 e. The molecule has 2 rings (SSSR count). The molecule has 5 N–H and O–H groups in total. The molecule has 0 saturated heterocycles. The standard InChI is InChI=1S/C26H36FN5O10/c27-9-1-2-19-17-32(31-30-19)10-11-40-12-13-41-14-15-42-20-5-3-18(4-6-20)16-22(25(37)38)29-26(39)28-21(24(35)36)7-8-23(33)34/h3-6,17,21-22H,1-2,7-16H2,(H,33,34)(H,35,36)(H,37,38)(H2,28,29,39)/t21-,22-/m0/s1. The van der Waals surface area contributed by atoms with Gasteiger partial charge in [-0.15, -0.1) is 5.10 Å². The molecule has 16 heteroatoms. The number of urea groups is 1. The van der Waals surface area contributed by atoms with Crippen molar-refractivity contribution in [1.29, 1.82) is 0 Å². The Kier molecular flexibility index (Phi) is 15.3. The number of aliphatic carboxylic acids is 3. The van der Waals surface area contributed by atoms with Crippen LogP contribution >= 0.6 is 0 Å². The van der Waals surface area contributed by atoms with Crippen LogP contribution in [0.15, 0.2) is 30.5 Å². The molecule has 232 valence electrons. The zero-order valence-corrected chi connectivity index (χ0v) is 22.9. The third-order valence-electron chi connectivity index (χ3n) is 5.70. The van der Waals surface area contributed by atoms with E-state index in [-0.39, 0.29) is 26.1 Å². The zero-order chi connectivity index (χ0) is 30.7. The summed E-state index contributed by atoms with van der Waals surface area (Å²) in [6.45, 7) is 1.90. The van der Waals surface area contributed by atoms with E-state index in [0.29, 0.717) is 57.1 Å². The van der Waals surface area contributed by atoms with E-state index in [1.165, 1.54) is 0 Å². The quantitative estimate of drug-likeness (QED) is 0.120. The average Bonchev–Trinajstić information content (AvgIpc) is 3.40. The highest BCUT2D eigenvalue weighted by atomic mass is 19.1. The number of hydrogen-bond donors (Lipinski definition) is 5. The first kappa shape index (κ1) is 33.9. The van der Waals surface area contributed by atoms with Crippen molar-refractivity contribution in [2.75, 3.05) is 39.7 Å². The third-order valence-corrected chi connectivity index (χ3v) is 5.70. The van der Waals surface area contributed by atoms with Crippen molar-refractivity contribution >= 4 is 23.9 Å². The molecule has 0 radical (unpaired) electrons. The summed E-state index contributed by atoms with van der Waals surface area (Å²) in [5.41, 5.74) is 1.32. The van der Waals surface area contributed by atoms with Gasteiger partial charge in [0.05, 0.1) is 45.3 Å². The minimum Gasteiger partial charge on any atom is -0.491 e. The van der Waals surface area contributed by atoms with Gasteiger partial charge in [0.15, 0.2) is 0 Å². The maximum Gasteiger partial charge on any atom is 0.326 e. The molecule has 0 saturated carbocycles. The largest absolute Gasteiger partial charge is 0.491 e. The number of amides is 2. The number of carboxylic acid groups (broad SMARTS) is 3. The van der Waals surface area contributed by atoms with Crippen LogP contribution in [0.1, 0.15) is 30.5 Å². The highest BCUT2D eigenvalue weighted by molar-refractivity contribution is 5.86. The molecule has 0 unspecified atom stereocenters. The summed E-state index contributed by atoms with van der Waals surface area (Å²) in [5, 5.41) is 39.5. The van der Waals surface area contributed by atoms with Crippen molar-refractivity contribution in [3.05, 3.63) is 41.7 Å². The summed E-state index contributed by atoms with van der Waals surface area (Å²) in [6.07, 6.45) is 1.83. The molecule has 2 atom stereocenters. The number of ether oxygens (including phenoxy) is 3. The van der Waals surface area contributed by atoms with Gasteiger partial charge in [0.1, 0.15) is 24.4 Å². The van der Waals surface area contributed by atoms with Crippen molar-refractivity contribution < 1.29 is 53.1 Å². The normalized spacial score (nSPS) is 12.3. The van der Waals surface area contributed by atoms with Gasteiger partial charge in [-0.2, -0.15) is 0 Å². The number of hydrogen-bond acceptors (Lipinski definition) is 9. The van der Waals surface area contributed by atoms with E-state index in [1.54, 1.807) is 35.1 Å². The Balaban J connectivity index is 1.63. The summed E-state index contributed by atoms with van der Waals surface area (Å²) in [7, 11) is 0. The molecule has 1 aromatic carbocycles. The Morgan fingerprint density at radius 1 is 0.905 bits per heavy atom. The molecule has 2 aromatic rings. The fourth-order valence-electron chi connectivity index (χ4n) is 3.55. The Morgan fingerprint density at radius 2 is 1.55 bits per heavy atom. The van der Waals surface area contributed by atoms with E-state index in [9.17, 15) is 28.7 Å². The van der Waals surface area contributed by atoms with Crippen LogP contribution in [-0.4, -0.2) is 106 Å². The zero-order valence-electron chi connectivity index (χ0n) is 22.9. The SMILES string of the molecule is O=C(O)CC[C@H](NC(=O)N[C@@H](Cc1ccc(OCCOCCOCCn2cc(CCCF)nn2)cc1)C(=O)O)C(=O)O. The maximum atomic E-state index is 12.2. The molecule has 2 amide bonds. The number of alkyl halides is 1. The molecule has 0 fully saturated rings. The lowest BCUT2D eigenvalue weighted by atomic mass is 10.1. The maximum absolute atomic E-state index is 12.2. The monoisotopic (exact) mass is 597 g/mol. The van der Waals surface area contributed by atoms with Gasteiger partial charge >= 0.3 is 23.9 Å². The number of rotatable bonds is 22. The number of halogens is 1. The van der Waals surface area contributed by atoms with Crippen molar-refractivity contribution in [3.63, 3.8) is 0 Å². The van der Waals surface area contributed by atoms with Crippen LogP contribution in [0.3, 0.4) is 0 Å². The van der Waals surface area contributed by atoms with E-state index < -0.39 is 42.4 Å². The Bertz CT molecular complexity index is 1130. The van der Waals surface area contributed by atoms with Gasteiger partial charge < -0.3 is 40.2 Å². The average molecular weight is 598 g/mol. The van der Waals surface area contributed by atoms with Crippen LogP contribution in [0, 0.1) is 0 Å². The molecule has 15 nitrogen and oxygen atoms in total. The summed E-state index contributed by atoms with van der Waals surface area (Å²) in [4.78, 5) is 45.7. The van der Waals surface area contributed by atoms with Crippen LogP contribution in [0.25, 0.3) is 0 Å². The van der Waals surface area contributed by atoms with Gasteiger partial charge in [0.25, 0.3) is 0 Å². The van der Waals surface area contributed by atoms with E-state index in [4.69, 9.17) is 24.4 Å². The summed E-state index contributed by atoms with van der Waals surface area (Å²) in [6, 6.07) is 2.65. The summed E-state index contributed by atoms with van der Waals surface area (Å²) < 4.78 is 30.4. The van der Waals surface area contributed by atoms with Crippen LogP contribution < -0.4 is 15.4 Å². The molecule has 0 aliphatic heterocycles. The van der Waals surface area contributed by atoms with Gasteiger partial charge in [-0.25, -0.2) is 19.1 Å². The second kappa shape index (κ2) is 18.9. The third kappa shape index (κ3) is 13.8. The molecule has 0 aliphatic rings. The number of carbonyl (C=O) groups excluding carboxylic acids is 1. The van der Waals surface area contributed by atoms with Gasteiger partial charge in [0, 0.05) is 19.0 Å². The van der Waals surface area contributed by atoms with Crippen LogP contribution in [-0.2, 0) is 43.2 Å². The summed E-state index contributed by atoms with van der Waals surface area (Å²) in [5.74, 6) is -3.47. The number of benzene rings is 1. The van der Waals surface area contributed by atoms with Crippen molar-refractivity contribution in [3.8, 4) is 5.75 Å².